The van der Waals surface area contributed by atoms with E-state index >= 15 is 0 Å². The number of carbonyl (C=O) groups excluding carboxylic acids is 1. The number of aromatic nitrogens is 1. The largest absolute Gasteiger partial charge is 0.351 e. The molecule has 1 aromatic heterocycles. The number of likely N-dealkylation sites (tertiary alicyclic amines) is 1. The molecule has 1 atom stereocenters. The molecule has 126 valence electrons. The summed E-state index contributed by atoms with van der Waals surface area (Å²) in [7, 11) is 0. The molecule has 0 aliphatic carbocycles. The van der Waals surface area contributed by atoms with Crippen molar-refractivity contribution in [2.45, 2.75) is 38.4 Å². The molecule has 1 aliphatic heterocycles. The van der Waals surface area contributed by atoms with E-state index in [9.17, 15) is 4.79 Å². The van der Waals surface area contributed by atoms with Gasteiger partial charge in [-0.1, -0.05) is 42.3 Å². The number of amides is 1. The minimum absolute atomic E-state index is 0.0746. The topological polar surface area (TPSA) is 45.2 Å². The van der Waals surface area contributed by atoms with Crippen molar-refractivity contribution in [3.8, 4) is 0 Å². The minimum atomic E-state index is -0.0942. The fourth-order valence-electron chi connectivity index (χ4n) is 3.12. The van der Waals surface area contributed by atoms with E-state index in [0.717, 1.165) is 37.1 Å². The van der Waals surface area contributed by atoms with E-state index in [1.54, 1.807) is 6.20 Å². The molecule has 24 heavy (non-hydrogen) atoms. The van der Waals surface area contributed by atoms with Gasteiger partial charge in [0, 0.05) is 24.3 Å². The van der Waals surface area contributed by atoms with E-state index in [2.05, 4.69) is 15.2 Å². The molecule has 2 aromatic rings. The standard InChI is InChI=1S/C19H22ClN3O/c20-17-9-2-1-7-15(17)13-22-19(24)18-10-4-6-12-23(18)14-16-8-3-5-11-21-16/h1-3,5,7-9,11,18H,4,6,10,12-14H2,(H,22,24)/t18-/m1/s1. The third-order valence-corrected chi connectivity index (χ3v) is 4.79. The maximum atomic E-state index is 12.7. The summed E-state index contributed by atoms with van der Waals surface area (Å²) in [5.74, 6) is 0.0746. The summed E-state index contributed by atoms with van der Waals surface area (Å²) in [4.78, 5) is 19.3. The van der Waals surface area contributed by atoms with Gasteiger partial charge >= 0.3 is 0 Å². The van der Waals surface area contributed by atoms with Crippen molar-refractivity contribution in [3.05, 3.63) is 64.9 Å². The third-order valence-electron chi connectivity index (χ3n) is 4.42. The second-order valence-electron chi connectivity index (χ2n) is 6.11. The highest BCUT2D eigenvalue weighted by molar-refractivity contribution is 6.31. The molecule has 5 heteroatoms. The van der Waals surface area contributed by atoms with Gasteiger partial charge in [0.15, 0.2) is 0 Å². The Kier molecular flexibility index (Phi) is 5.83. The first-order valence-electron chi connectivity index (χ1n) is 8.39. The van der Waals surface area contributed by atoms with Gasteiger partial charge in [-0.3, -0.25) is 14.7 Å². The molecule has 0 spiro atoms. The third kappa shape index (κ3) is 4.34. The van der Waals surface area contributed by atoms with Gasteiger partial charge in [-0.15, -0.1) is 0 Å². The van der Waals surface area contributed by atoms with Crippen LogP contribution in [0, 0.1) is 0 Å². The number of benzene rings is 1. The lowest BCUT2D eigenvalue weighted by atomic mass is 10.0. The molecule has 1 amide bonds. The van der Waals surface area contributed by atoms with Crippen molar-refractivity contribution in [1.29, 1.82) is 0 Å². The van der Waals surface area contributed by atoms with Crippen LogP contribution < -0.4 is 5.32 Å². The van der Waals surface area contributed by atoms with Crippen LogP contribution in [0.3, 0.4) is 0 Å². The Bertz CT molecular complexity index is 677. The predicted molar refractivity (Wildman–Crippen MR) is 95.6 cm³/mol. The van der Waals surface area contributed by atoms with E-state index in [1.807, 2.05) is 42.5 Å². The second-order valence-corrected chi connectivity index (χ2v) is 6.52. The maximum absolute atomic E-state index is 12.7. The molecule has 1 fully saturated rings. The summed E-state index contributed by atoms with van der Waals surface area (Å²) >= 11 is 6.16. The molecule has 4 nitrogen and oxygen atoms in total. The van der Waals surface area contributed by atoms with Crippen molar-refractivity contribution >= 4 is 17.5 Å². The zero-order valence-electron chi connectivity index (χ0n) is 13.6. The van der Waals surface area contributed by atoms with Crippen LogP contribution in [-0.4, -0.2) is 28.4 Å². The number of halogens is 1. The summed E-state index contributed by atoms with van der Waals surface area (Å²) in [6, 6.07) is 13.4. The highest BCUT2D eigenvalue weighted by Crippen LogP contribution is 2.20. The van der Waals surface area contributed by atoms with Crippen LogP contribution in [0.1, 0.15) is 30.5 Å². The molecular formula is C19H22ClN3O. The molecular weight excluding hydrogens is 322 g/mol. The predicted octanol–water partition coefficient (Wildman–Crippen LogP) is 3.41. The quantitative estimate of drug-likeness (QED) is 0.905. The van der Waals surface area contributed by atoms with Crippen LogP contribution in [-0.2, 0) is 17.9 Å². The molecule has 2 heterocycles. The number of rotatable bonds is 5. The Morgan fingerprint density at radius 2 is 2.04 bits per heavy atom. The normalized spacial score (nSPS) is 18.3. The smallest absolute Gasteiger partial charge is 0.237 e. The average Bonchev–Trinajstić information content (AvgIpc) is 2.62. The number of hydrogen-bond acceptors (Lipinski definition) is 3. The Labute approximate surface area is 147 Å². The summed E-state index contributed by atoms with van der Waals surface area (Å²) in [6.45, 7) is 2.11. The number of nitrogens with one attached hydrogen (secondary N) is 1. The van der Waals surface area contributed by atoms with Crippen LogP contribution in [0.5, 0.6) is 0 Å². The Hall–Kier alpha value is -1.91. The van der Waals surface area contributed by atoms with E-state index in [4.69, 9.17) is 11.6 Å². The summed E-state index contributed by atoms with van der Waals surface area (Å²) in [5.41, 5.74) is 1.95. The molecule has 3 rings (SSSR count). The van der Waals surface area contributed by atoms with Crippen molar-refractivity contribution in [1.82, 2.24) is 15.2 Å². The molecule has 1 aromatic carbocycles. The summed E-state index contributed by atoms with van der Waals surface area (Å²) < 4.78 is 0. The zero-order valence-corrected chi connectivity index (χ0v) is 14.4. The van der Waals surface area contributed by atoms with Gasteiger partial charge in [0.25, 0.3) is 0 Å². The van der Waals surface area contributed by atoms with Gasteiger partial charge < -0.3 is 5.32 Å². The lowest BCUT2D eigenvalue weighted by molar-refractivity contribution is -0.128. The van der Waals surface area contributed by atoms with Crippen molar-refractivity contribution < 1.29 is 4.79 Å². The molecule has 1 N–H and O–H groups in total. The second kappa shape index (κ2) is 8.27. The van der Waals surface area contributed by atoms with E-state index < -0.39 is 0 Å². The maximum Gasteiger partial charge on any atom is 0.237 e. The van der Waals surface area contributed by atoms with E-state index in [1.165, 1.54) is 0 Å². The van der Waals surface area contributed by atoms with Gasteiger partial charge in [0.1, 0.15) is 0 Å². The van der Waals surface area contributed by atoms with E-state index in [0.29, 0.717) is 18.1 Å². The van der Waals surface area contributed by atoms with E-state index in [-0.39, 0.29) is 11.9 Å². The SMILES string of the molecule is O=C(NCc1ccccc1Cl)[C@H]1CCCCN1Cc1ccccn1. The van der Waals surface area contributed by atoms with Gasteiger partial charge in [0.05, 0.1) is 11.7 Å². The Balaban J connectivity index is 1.62. The van der Waals surface area contributed by atoms with Crippen LogP contribution in [0.4, 0.5) is 0 Å². The van der Waals surface area contributed by atoms with Crippen LogP contribution >= 0.6 is 11.6 Å². The van der Waals surface area contributed by atoms with Crippen LogP contribution in [0.2, 0.25) is 5.02 Å². The fourth-order valence-corrected chi connectivity index (χ4v) is 3.32. The molecule has 0 saturated carbocycles. The van der Waals surface area contributed by atoms with Crippen molar-refractivity contribution in [2.75, 3.05) is 6.54 Å². The number of piperidine rings is 1. The number of carbonyl (C=O) groups is 1. The summed E-state index contributed by atoms with van der Waals surface area (Å²) in [5, 5.41) is 3.73. The molecule has 0 bridgehead atoms. The zero-order chi connectivity index (χ0) is 16.8. The van der Waals surface area contributed by atoms with Crippen LogP contribution in [0.25, 0.3) is 0 Å². The first-order valence-corrected chi connectivity index (χ1v) is 8.77. The van der Waals surface area contributed by atoms with Crippen molar-refractivity contribution in [2.24, 2.45) is 0 Å². The molecule has 0 radical (unpaired) electrons. The molecule has 1 saturated heterocycles. The summed E-state index contributed by atoms with van der Waals surface area (Å²) in [6.07, 6.45) is 4.90. The first kappa shape index (κ1) is 16.9. The van der Waals surface area contributed by atoms with Gasteiger partial charge in [-0.25, -0.2) is 0 Å². The molecule has 0 unspecified atom stereocenters. The first-order chi connectivity index (χ1) is 11.7. The Morgan fingerprint density at radius 1 is 1.21 bits per heavy atom. The highest BCUT2D eigenvalue weighted by Gasteiger charge is 2.28. The number of hydrogen-bond donors (Lipinski definition) is 1. The lowest BCUT2D eigenvalue weighted by Crippen LogP contribution is -2.48. The Morgan fingerprint density at radius 3 is 2.83 bits per heavy atom. The molecule has 1 aliphatic rings. The van der Waals surface area contributed by atoms with Gasteiger partial charge in [0.2, 0.25) is 5.91 Å². The highest BCUT2D eigenvalue weighted by atomic mass is 35.5. The van der Waals surface area contributed by atoms with Crippen molar-refractivity contribution in [3.63, 3.8) is 0 Å². The fraction of sp³-hybridized carbons (Fsp3) is 0.368. The number of pyridine rings is 1. The van der Waals surface area contributed by atoms with Gasteiger partial charge in [-0.2, -0.15) is 0 Å². The lowest BCUT2D eigenvalue weighted by Gasteiger charge is -2.34. The van der Waals surface area contributed by atoms with Crippen LogP contribution in [0.15, 0.2) is 48.7 Å². The number of nitrogens with zero attached hydrogens (tertiary/aromatic N) is 2. The average molecular weight is 344 g/mol. The van der Waals surface area contributed by atoms with Gasteiger partial charge in [-0.05, 0) is 43.1 Å². The minimum Gasteiger partial charge on any atom is -0.351 e. The monoisotopic (exact) mass is 343 g/mol.